The molecule has 8 nitrogen and oxygen atoms in total. The lowest BCUT2D eigenvalue weighted by atomic mass is 9.87. The van der Waals surface area contributed by atoms with E-state index >= 15 is 0 Å². The van der Waals surface area contributed by atoms with E-state index in [0.29, 0.717) is 12.8 Å². The molecule has 214 valence electrons. The molecule has 0 radical (unpaired) electrons. The minimum atomic E-state index is -0.826. The van der Waals surface area contributed by atoms with Crippen molar-refractivity contribution in [1.29, 1.82) is 0 Å². The Bertz CT molecular complexity index is 1460. The molecule has 0 spiro atoms. The predicted octanol–water partition coefficient (Wildman–Crippen LogP) is 5.25. The molecule has 2 aromatic heterocycles. The number of nitrogens with one attached hydrogen (secondary N) is 1. The second-order valence-electron chi connectivity index (χ2n) is 11.4. The SMILES string of the molecule is CC(C)(C)c1ccc(-n2nc(-c3ccccn3)cc2CCCCCC(=O)NC(Cc2cccc(O)c2)C(N)=O)cc1. The second kappa shape index (κ2) is 13.3. The van der Waals surface area contributed by atoms with Crippen molar-refractivity contribution in [2.24, 2.45) is 5.73 Å². The standard InChI is InChI=1S/C33H39N5O3/c1-33(2,3)24-15-17-25(18-16-24)38-26(22-29(37-38)28-13-7-8-19-35-28)11-5-4-6-14-31(40)36-30(32(34)41)21-23-10-9-12-27(39)20-23/h7-10,12-13,15-20,22,30,39H,4-6,11,14,21H2,1-3H3,(H2,34,41)(H,36,40). The minimum Gasteiger partial charge on any atom is -0.508 e. The van der Waals surface area contributed by atoms with Crippen LogP contribution in [0.3, 0.4) is 0 Å². The number of nitrogens with two attached hydrogens (primary N) is 1. The van der Waals surface area contributed by atoms with E-state index in [4.69, 9.17) is 10.8 Å². The molecule has 1 unspecified atom stereocenters. The fraction of sp³-hybridized carbons (Fsp3) is 0.333. The summed E-state index contributed by atoms with van der Waals surface area (Å²) in [6, 6.07) is 22.2. The van der Waals surface area contributed by atoms with Gasteiger partial charge in [-0.25, -0.2) is 4.68 Å². The van der Waals surface area contributed by atoms with Crippen LogP contribution in [0.4, 0.5) is 0 Å². The maximum absolute atomic E-state index is 12.6. The van der Waals surface area contributed by atoms with Gasteiger partial charge in [0.1, 0.15) is 17.5 Å². The van der Waals surface area contributed by atoms with Gasteiger partial charge in [0.05, 0.1) is 11.4 Å². The molecule has 0 aliphatic rings. The largest absolute Gasteiger partial charge is 0.508 e. The number of carbonyl (C=O) groups excluding carboxylic acids is 2. The van der Waals surface area contributed by atoms with Crippen LogP contribution in [0, 0.1) is 0 Å². The zero-order valence-corrected chi connectivity index (χ0v) is 24.0. The number of unbranched alkanes of at least 4 members (excludes halogenated alkanes) is 2. The smallest absolute Gasteiger partial charge is 0.240 e. The van der Waals surface area contributed by atoms with Crippen molar-refractivity contribution in [2.75, 3.05) is 0 Å². The van der Waals surface area contributed by atoms with Crippen molar-refractivity contribution < 1.29 is 14.7 Å². The maximum atomic E-state index is 12.6. The van der Waals surface area contributed by atoms with Gasteiger partial charge in [0.2, 0.25) is 11.8 Å². The van der Waals surface area contributed by atoms with Gasteiger partial charge in [0.15, 0.2) is 0 Å². The van der Waals surface area contributed by atoms with E-state index in [1.54, 1.807) is 30.5 Å². The third-order valence-electron chi connectivity index (χ3n) is 7.05. The van der Waals surface area contributed by atoms with Crippen LogP contribution in [0.1, 0.15) is 63.3 Å². The highest BCUT2D eigenvalue weighted by atomic mass is 16.3. The van der Waals surface area contributed by atoms with Crippen molar-refractivity contribution in [3.8, 4) is 22.8 Å². The number of amides is 2. The van der Waals surface area contributed by atoms with Gasteiger partial charge in [-0.2, -0.15) is 5.10 Å². The molecule has 2 aromatic carbocycles. The van der Waals surface area contributed by atoms with Gasteiger partial charge in [-0.15, -0.1) is 0 Å². The van der Waals surface area contributed by atoms with E-state index in [2.05, 4.69) is 61.4 Å². The number of hydrogen-bond donors (Lipinski definition) is 3. The van der Waals surface area contributed by atoms with Crippen LogP contribution >= 0.6 is 0 Å². The molecule has 0 aliphatic heterocycles. The van der Waals surface area contributed by atoms with Crippen LogP contribution in [-0.2, 0) is 27.8 Å². The monoisotopic (exact) mass is 553 g/mol. The number of nitrogens with zero attached hydrogens (tertiary/aromatic N) is 3. The fourth-order valence-electron chi connectivity index (χ4n) is 4.74. The predicted molar refractivity (Wildman–Crippen MR) is 161 cm³/mol. The molecular formula is C33H39N5O3. The summed E-state index contributed by atoms with van der Waals surface area (Å²) in [6.07, 6.45) is 5.50. The van der Waals surface area contributed by atoms with Gasteiger partial charge < -0.3 is 16.2 Å². The van der Waals surface area contributed by atoms with Crippen LogP contribution in [0.2, 0.25) is 0 Å². The first kappa shape index (κ1) is 29.5. The van der Waals surface area contributed by atoms with Gasteiger partial charge in [-0.3, -0.25) is 14.6 Å². The minimum absolute atomic E-state index is 0.0683. The Kier molecular flexibility index (Phi) is 9.55. The normalized spacial score (nSPS) is 12.2. The number of aryl methyl sites for hydroxylation is 1. The summed E-state index contributed by atoms with van der Waals surface area (Å²) in [5, 5.41) is 17.3. The van der Waals surface area contributed by atoms with E-state index in [-0.39, 0.29) is 23.5 Å². The Hall–Kier alpha value is -4.46. The Morgan fingerprint density at radius 2 is 1.73 bits per heavy atom. The molecular weight excluding hydrogens is 514 g/mol. The molecule has 0 aliphatic carbocycles. The molecule has 0 bridgehead atoms. The Balaban J connectivity index is 1.35. The van der Waals surface area contributed by atoms with Crippen LogP contribution in [0.25, 0.3) is 17.1 Å². The van der Waals surface area contributed by atoms with Crippen LogP contribution in [-0.4, -0.2) is 37.7 Å². The van der Waals surface area contributed by atoms with E-state index in [1.165, 1.54) is 5.56 Å². The average Bonchev–Trinajstić information content (AvgIpc) is 3.37. The molecule has 4 aromatic rings. The molecule has 2 heterocycles. The number of rotatable bonds is 12. The first-order valence-corrected chi connectivity index (χ1v) is 14.1. The zero-order valence-electron chi connectivity index (χ0n) is 24.0. The summed E-state index contributed by atoms with van der Waals surface area (Å²) in [6.45, 7) is 6.59. The molecule has 41 heavy (non-hydrogen) atoms. The second-order valence-corrected chi connectivity index (χ2v) is 11.4. The quantitative estimate of drug-likeness (QED) is 0.207. The summed E-state index contributed by atoms with van der Waals surface area (Å²) in [7, 11) is 0. The summed E-state index contributed by atoms with van der Waals surface area (Å²) in [4.78, 5) is 28.9. The van der Waals surface area contributed by atoms with Crippen molar-refractivity contribution in [2.45, 2.75) is 70.8 Å². The lowest BCUT2D eigenvalue weighted by Crippen LogP contribution is -2.45. The first-order chi connectivity index (χ1) is 19.6. The maximum Gasteiger partial charge on any atom is 0.240 e. The highest BCUT2D eigenvalue weighted by Gasteiger charge is 2.19. The number of phenolic OH excluding ortho intramolecular Hbond substituents is 1. The number of hydrogen-bond acceptors (Lipinski definition) is 5. The molecule has 2 amide bonds. The molecule has 4 N–H and O–H groups in total. The van der Waals surface area contributed by atoms with Crippen molar-refractivity contribution in [1.82, 2.24) is 20.1 Å². The summed E-state index contributed by atoms with van der Waals surface area (Å²) >= 11 is 0. The van der Waals surface area contributed by atoms with Gasteiger partial charge in [0.25, 0.3) is 0 Å². The number of aromatic hydroxyl groups is 1. The lowest BCUT2D eigenvalue weighted by molar-refractivity contribution is -0.127. The summed E-state index contributed by atoms with van der Waals surface area (Å²) < 4.78 is 1.99. The summed E-state index contributed by atoms with van der Waals surface area (Å²) in [5.41, 5.74) is 11.3. The van der Waals surface area contributed by atoms with Gasteiger partial charge in [-0.1, -0.05) is 57.5 Å². The van der Waals surface area contributed by atoms with Crippen LogP contribution in [0.5, 0.6) is 5.75 Å². The van der Waals surface area contributed by atoms with E-state index < -0.39 is 11.9 Å². The topological polar surface area (TPSA) is 123 Å². The summed E-state index contributed by atoms with van der Waals surface area (Å²) in [5.74, 6) is -0.711. The molecule has 0 saturated heterocycles. The van der Waals surface area contributed by atoms with Crippen molar-refractivity contribution in [3.05, 3.63) is 95.8 Å². The number of phenols is 1. The Labute approximate surface area is 241 Å². The van der Waals surface area contributed by atoms with E-state index in [0.717, 1.165) is 47.6 Å². The molecule has 8 heteroatoms. The van der Waals surface area contributed by atoms with Crippen molar-refractivity contribution in [3.63, 3.8) is 0 Å². The van der Waals surface area contributed by atoms with E-state index in [9.17, 15) is 14.7 Å². The molecule has 0 saturated carbocycles. The highest BCUT2D eigenvalue weighted by Crippen LogP contribution is 2.26. The van der Waals surface area contributed by atoms with Gasteiger partial charge in [-0.05, 0) is 78.3 Å². The fourth-order valence-corrected chi connectivity index (χ4v) is 4.74. The first-order valence-electron chi connectivity index (χ1n) is 14.1. The van der Waals surface area contributed by atoms with Crippen LogP contribution in [0.15, 0.2) is 79.0 Å². The Morgan fingerprint density at radius 3 is 2.39 bits per heavy atom. The van der Waals surface area contributed by atoms with Crippen molar-refractivity contribution >= 4 is 11.8 Å². The zero-order chi connectivity index (χ0) is 29.4. The third-order valence-corrected chi connectivity index (χ3v) is 7.05. The number of primary amides is 1. The Morgan fingerprint density at radius 1 is 0.951 bits per heavy atom. The number of pyridine rings is 1. The lowest BCUT2D eigenvalue weighted by Gasteiger charge is -2.19. The number of carbonyl (C=O) groups is 2. The van der Waals surface area contributed by atoms with Crippen LogP contribution < -0.4 is 11.1 Å². The average molecular weight is 554 g/mol. The molecule has 4 rings (SSSR count). The number of benzene rings is 2. The molecule has 1 atom stereocenters. The third kappa shape index (κ3) is 8.27. The van der Waals surface area contributed by atoms with Gasteiger partial charge in [0, 0.05) is 24.7 Å². The number of aromatic nitrogens is 3. The molecule has 0 fully saturated rings. The van der Waals surface area contributed by atoms with Gasteiger partial charge >= 0.3 is 0 Å². The highest BCUT2D eigenvalue weighted by molar-refractivity contribution is 5.86. The van der Waals surface area contributed by atoms with E-state index in [1.807, 2.05) is 22.9 Å².